The second-order valence-electron chi connectivity index (χ2n) is 14.0. The van der Waals surface area contributed by atoms with Gasteiger partial charge in [0.25, 0.3) is 0 Å². The number of hydrogen-bond acceptors (Lipinski definition) is 4. The number of halogens is 2. The van der Waals surface area contributed by atoms with Crippen LogP contribution in [0.3, 0.4) is 0 Å². The van der Waals surface area contributed by atoms with Gasteiger partial charge >= 0.3 is 12.1 Å². The van der Waals surface area contributed by atoms with E-state index in [1.54, 1.807) is 6.92 Å². The van der Waals surface area contributed by atoms with E-state index in [9.17, 15) is 9.59 Å². The highest BCUT2D eigenvalue weighted by atomic mass is 35.5. The fourth-order valence-corrected chi connectivity index (χ4v) is 8.24. The van der Waals surface area contributed by atoms with Gasteiger partial charge in [0.15, 0.2) is 11.5 Å². The lowest BCUT2D eigenvalue weighted by Crippen LogP contribution is -2.36. The molecule has 2 aliphatic rings. The maximum atomic E-state index is 12.7. The maximum absolute atomic E-state index is 12.7. The Hall–Kier alpha value is -4.99. The van der Waals surface area contributed by atoms with E-state index in [2.05, 4.69) is 31.2 Å². The Balaban J connectivity index is 0.000000179. The lowest BCUT2D eigenvalue weighted by Gasteiger charge is -2.25. The number of aromatic nitrogens is 2. The van der Waals surface area contributed by atoms with Crippen LogP contribution in [0.4, 0.5) is 21.0 Å². The number of oxazole rings is 1. The molecule has 2 aromatic heterocycles. The first-order chi connectivity index (χ1) is 26.8. The topological polar surface area (TPSA) is 124 Å². The second-order valence-corrected chi connectivity index (χ2v) is 14.9. The number of hydrogen-bond donors (Lipinski definition) is 5. The van der Waals surface area contributed by atoms with Crippen molar-refractivity contribution >= 4 is 68.6 Å². The van der Waals surface area contributed by atoms with Gasteiger partial charge in [0.05, 0.1) is 23.3 Å². The molecule has 0 radical (unpaired) electrons. The summed E-state index contributed by atoms with van der Waals surface area (Å²) < 4.78 is 5.48. The molecular weight excluding hydrogens is 731 g/mol. The normalized spacial score (nSPS) is 15.4. The molecule has 6 aromatic rings. The predicted octanol–water partition coefficient (Wildman–Crippen LogP) is 12.7. The molecule has 2 aliphatic carbocycles. The van der Waals surface area contributed by atoms with Crippen LogP contribution in [0.5, 0.6) is 0 Å². The fourth-order valence-electron chi connectivity index (χ4n) is 7.85. The first-order valence-corrected chi connectivity index (χ1v) is 20.1. The van der Waals surface area contributed by atoms with E-state index in [-0.39, 0.29) is 24.1 Å². The van der Waals surface area contributed by atoms with Crippen LogP contribution in [0.25, 0.3) is 22.0 Å². The molecule has 2 saturated carbocycles. The number of rotatable bonds is 8. The van der Waals surface area contributed by atoms with Crippen LogP contribution in [-0.2, 0) is 0 Å². The first kappa shape index (κ1) is 39.7. The number of nitrogens with one attached hydrogen (secondary N) is 5. The number of fused-ring (bicyclic) bond motifs is 2. The monoisotopic (exact) mass is 780 g/mol. The van der Waals surface area contributed by atoms with Crippen LogP contribution >= 0.6 is 23.2 Å². The third-order valence-electron chi connectivity index (χ3n) is 10.3. The van der Waals surface area contributed by atoms with Crippen molar-refractivity contribution in [1.29, 1.82) is 0 Å². The van der Waals surface area contributed by atoms with Crippen molar-refractivity contribution < 1.29 is 14.0 Å². The van der Waals surface area contributed by atoms with E-state index in [4.69, 9.17) is 27.6 Å². The molecule has 0 bridgehead atoms. The van der Waals surface area contributed by atoms with Crippen molar-refractivity contribution in [3.05, 3.63) is 124 Å². The summed E-state index contributed by atoms with van der Waals surface area (Å²) >= 11 is 12.4. The van der Waals surface area contributed by atoms with Gasteiger partial charge in [-0.05, 0) is 103 Å². The number of para-hydroxylation sites is 1. The van der Waals surface area contributed by atoms with E-state index in [0.717, 1.165) is 58.9 Å². The minimum Gasteiger partial charge on any atom is -0.441 e. The van der Waals surface area contributed by atoms with Crippen molar-refractivity contribution in [3.8, 4) is 0 Å². The van der Waals surface area contributed by atoms with Crippen molar-refractivity contribution in [2.24, 2.45) is 11.8 Å². The smallest absolute Gasteiger partial charge is 0.319 e. The van der Waals surface area contributed by atoms with E-state index in [1.807, 2.05) is 111 Å². The van der Waals surface area contributed by atoms with Crippen LogP contribution in [0.15, 0.2) is 102 Å². The summed E-state index contributed by atoms with van der Waals surface area (Å²) in [6.45, 7) is 5.80. The zero-order valence-electron chi connectivity index (χ0n) is 31.6. The zero-order chi connectivity index (χ0) is 38.7. The van der Waals surface area contributed by atoms with Gasteiger partial charge in [-0.1, -0.05) is 99.1 Å². The minimum absolute atomic E-state index is 0.0287. The average Bonchev–Trinajstić information content (AvgIpc) is 4.02. The molecule has 11 heteroatoms. The second kappa shape index (κ2) is 19.0. The molecule has 4 amide bonds. The Morgan fingerprint density at radius 2 is 1.29 bits per heavy atom. The molecular formula is C44H50Cl2N6O3. The van der Waals surface area contributed by atoms with E-state index in [0.29, 0.717) is 39.0 Å². The van der Waals surface area contributed by atoms with Crippen molar-refractivity contribution in [2.75, 3.05) is 10.6 Å². The summed E-state index contributed by atoms with van der Waals surface area (Å²) in [7, 11) is 0. The van der Waals surface area contributed by atoms with Gasteiger partial charge < -0.3 is 30.7 Å². The van der Waals surface area contributed by atoms with Crippen LogP contribution in [-0.4, -0.2) is 22.0 Å². The zero-order valence-corrected chi connectivity index (χ0v) is 33.1. The summed E-state index contributed by atoms with van der Waals surface area (Å²) in [4.78, 5) is 32.9. The highest BCUT2D eigenvalue weighted by molar-refractivity contribution is 6.30. The molecule has 55 heavy (non-hydrogen) atoms. The third kappa shape index (κ3) is 10.4. The summed E-state index contributed by atoms with van der Waals surface area (Å²) in [5, 5.41) is 14.7. The number of benzene rings is 4. The van der Waals surface area contributed by atoms with Crippen molar-refractivity contribution in [1.82, 2.24) is 20.6 Å². The molecule has 2 atom stereocenters. The average molecular weight is 782 g/mol. The molecule has 9 nitrogen and oxygen atoms in total. The lowest BCUT2D eigenvalue weighted by molar-refractivity contribution is 0.242. The summed E-state index contributed by atoms with van der Waals surface area (Å²) in [6, 6.07) is 28.4. The predicted molar refractivity (Wildman–Crippen MR) is 225 cm³/mol. The highest BCUT2D eigenvalue weighted by Gasteiger charge is 2.29. The number of carbonyl (C=O) groups excluding carboxylic acids is 2. The number of urea groups is 2. The highest BCUT2D eigenvalue weighted by Crippen LogP contribution is 2.38. The lowest BCUT2D eigenvalue weighted by atomic mass is 9.92. The van der Waals surface area contributed by atoms with Gasteiger partial charge in [-0.3, -0.25) is 0 Å². The Morgan fingerprint density at radius 1 is 0.727 bits per heavy atom. The summed E-state index contributed by atoms with van der Waals surface area (Å²) in [6.07, 6.45) is 11.2. The molecule has 0 saturated heterocycles. The SMILES string of the molecule is CC.Cc1nc2cc(NC(=O)NC(c3cccc(Cl)c3)C3CCCC3)ccc2o1.O=C(Nc1cccc2cc[nH]c12)NC(c1cccc(Cl)c1)C1CCCC1. The summed E-state index contributed by atoms with van der Waals surface area (Å²) in [5.41, 5.74) is 5.95. The minimum atomic E-state index is -0.230. The number of anilines is 2. The van der Waals surface area contributed by atoms with Crippen LogP contribution in [0.1, 0.15) is 94.3 Å². The number of H-pyrrole nitrogens is 1. The number of aryl methyl sites for hydroxylation is 1. The van der Waals surface area contributed by atoms with Gasteiger partial charge in [-0.15, -0.1) is 0 Å². The number of aromatic amines is 1. The molecule has 4 aromatic carbocycles. The molecule has 5 N–H and O–H groups in total. The van der Waals surface area contributed by atoms with Crippen LogP contribution in [0, 0.1) is 18.8 Å². The molecule has 8 rings (SSSR count). The van der Waals surface area contributed by atoms with E-state index < -0.39 is 0 Å². The van der Waals surface area contributed by atoms with Crippen molar-refractivity contribution in [2.45, 2.75) is 84.2 Å². The van der Waals surface area contributed by atoms with Crippen molar-refractivity contribution in [3.63, 3.8) is 0 Å². The van der Waals surface area contributed by atoms with Gasteiger partial charge in [0, 0.05) is 34.2 Å². The molecule has 288 valence electrons. The van der Waals surface area contributed by atoms with Gasteiger partial charge in [-0.2, -0.15) is 0 Å². The number of nitrogens with zero attached hydrogens (tertiary/aromatic N) is 1. The molecule has 2 heterocycles. The third-order valence-corrected chi connectivity index (χ3v) is 10.8. The Labute approximate surface area is 333 Å². The Kier molecular flexibility index (Phi) is 13.7. The largest absolute Gasteiger partial charge is 0.441 e. The van der Waals surface area contributed by atoms with E-state index >= 15 is 0 Å². The first-order valence-electron chi connectivity index (χ1n) is 19.4. The van der Waals surface area contributed by atoms with E-state index in [1.165, 1.54) is 25.7 Å². The molecule has 2 fully saturated rings. The standard InChI is InChI=1S/C21H22ClN3O2.C21H22ClN3O.C2H6/c1-13-23-18-12-17(9-10-19(18)27-13)24-21(26)25-20(14-5-2-3-6-14)15-7-4-8-16(22)11-15;22-17-9-3-8-16(13-17)19(14-5-1-2-6-14)25-21(26)24-18-10-4-7-15-11-12-23-20(15)18;1-2/h4,7-12,14,20H,2-3,5-6H2,1H3,(H2,24,25,26);3-4,7-14,19,23H,1-2,5-6H2,(H2,24,25,26);1-2H3. The molecule has 0 aliphatic heterocycles. The number of amides is 4. The van der Waals surface area contributed by atoms with Gasteiger partial charge in [0.2, 0.25) is 0 Å². The summed E-state index contributed by atoms with van der Waals surface area (Å²) in [5.74, 6) is 1.48. The Morgan fingerprint density at radius 3 is 1.87 bits per heavy atom. The van der Waals surface area contributed by atoms with Gasteiger partial charge in [-0.25, -0.2) is 14.6 Å². The van der Waals surface area contributed by atoms with Crippen LogP contribution < -0.4 is 21.3 Å². The fraction of sp³-hybridized carbons (Fsp3) is 0.341. The van der Waals surface area contributed by atoms with Gasteiger partial charge in [0.1, 0.15) is 5.52 Å². The number of carbonyl (C=O) groups is 2. The molecule has 2 unspecified atom stereocenters. The molecule has 0 spiro atoms. The maximum Gasteiger partial charge on any atom is 0.319 e. The quantitative estimate of drug-likeness (QED) is 0.105. The van der Waals surface area contributed by atoms with Crippen LogP contribution in [0.2, 0.25) is 10.0 Å². The Bertz CT molecular complexity index is 2190.